The molecule has 6 rings (SSSR count). The summed E-state index contributed by atoms with van der Waals surface area (Å²) in [7, 11) is 7.35. The molecule has 0 saturated carbocycles. The lowest BCUT2D eigenvalue weighted by Crippen LogP contribution is -2.53. The fraction of sp³-hybridized carbons (Fsp3) is 0.543. The van der Waals surface area contributed by atoms with Crippen LogP contribution < -0.4 is 10.8 Å². The van der Waals surface area contributed by atoms with E-state index in [4.69, 9.17) is 17.3 Å². The van der Waals surface area contributed by atoms with Crippen LogP contribution in [0.3, 0.4) is 0 Å². The van der Waals surface area contributed by atoms with Crippen molar-refractivity contribution in [1.29, 1.82) is 0 Å². The van der Waals surface area contributed by atoms with Crippen LogP contribution >= 0.6 is 0 Å². The Balaban J connectivity index is 1.08. The van der Waals surface area contributed by atoms with Gasteiger partial charge in [-0.05, 0) is 74.8 Å². The zero-order valence-corrected chi connectivity index (χ0v) is 27.5. The van der Waals surface area contributed by atoms with Crippen molar-refractivity contribution in [2.75, 3.05) is 51.7 Å². The molecule has 2 aromatic carbocycles. The van der Waals surface area contributed by atoms with Gasteiger partial charge >= 0.3 is 18.1 Å². The summed E-state index contributed by atoms with van der Waals surface area (Å²) in [5.41, 5.74) is 2.78. The summed E-state index contributed by atoms with van der Waals surface area (Å²) in [6, 6.07) is 12.3. The number of anilines is 1. The third-order valence-electron chi connectivity index (χ3n) is 10.3. The number of ether oxygens (including phenoxy) is 2. The van der Waals surface area contributed by atoms with E-state index >= 15 is 0 Å². The number of carbonyl (C=O) groups excluding carboxylic acids is 4. The van der Waals surface area contributed by atoms with Gasteiger partial charge in [0.2, 0.25) is 0 Å². The number of hydrogen-bond acceptors (Lipinski definition) is 8. The number of esters is 1. The molecule has 3 saturated heterocycles. The normalized spacial score (nSPS) is 21.6. The number of nitrogens with one attached hydrogen (secondary N) is 1. The van der Waals surface area contributed by atoms with E-state index in [0.29, 0.717) is 64.0 Å². The summed E-state index contributed by atoms with van der Waals surface area (Å²) in [6.45, 7) is 3.18. The lowest BCUT2D eigenvalue weighted by Gasteiger charge is -2.40. The quantitative estimate of drug-likeness (QED) is 0.343. The number of piperidine rings is 2. The molecule has 3 fully saturated rings. The third-order valence-corrected chi connectivity index (χ3v) is 10.3. The molecule has 0 aliphatic carbocycles. The molecule has 4 aliphatic heterocycles. The lowest BCUT2D eigenvalue weighted by atomic mass is 9.91. The highest BCUT2D eigenvalue weighted by atomic mass is 16.6. The van der Waals surface area contributed by atoms with Crippen LogP contribution in [0.2, 0.25) is 0 Å². The first-order valence-electron chi connectivity index (χ1n) is 17.0. The smallest absolute Gasteiger partial charge is 0.410 e. The number of amides is 4. The van der Waals surface area contributed by atoms with Gasteiger partial charge in [0.25, 0.3) is 5.91 Å². The Hall–Kier alpha value is -4.26. The van der Waals surface area contributed by atoms with Gasteiger partial charge in [-0.25, -0.2) is 9.59 Å². The zero-order valence-electron chi connectivity index (χ0n) is 27.5. The summed E-state index contributed by atoms with van der Waals surface area (Å²) in [4.78, 5) is 60.3. The summed E-state index contributed by atoms with van der Waals surface area (Å²) in [5, 5.41) is 13.0. The van der Waals surface area contributed by atoms with Crippen LogP contribution in [0, 0.1) is 0 Å². The van der Waals surface area contributed by atoms with E-state index in [1.54, 1.807) is 21.9 Å². The molecule has 12 nitrogen and oxygen atoms in total. The molecule has 0 bridgehead atoms. The number of methoxy groups -OCH3 is 1. The molecule has 4 aliphatic rings. The van der Waals surface area contributed by atoms with Gasteiger partial charge in [0.15, 0.2) is 6.10 Å². The molecule has 2 atom stereocenters. The molecule has 0 aromatic heterocycles. The van der Waals surface area contributed by atoms with Crippen LogP contribution in [0.1, 0.15) is 49.7 Å². The maximum absolute atomic E-state index is 14.0. The van der Waals surface area contributed by atoms with Gasteiger partial charge in [-0.2, -0.15) is 0 Å². The van der Waals surface area contributed by atoms with Crippen LogP contribution in [-0.4, -0.2) is 127 Å². The monoisotopic (exact) mass is 657 g/mol. The minimum Gasteiger partial charge on any atom is -0.509 e. The van der Waals surface area contributed by atoms with Gasteiger partial charge < -0.3 is 34.6 Å². The Kier molecular flexibility index (Phi) is 10.4. The topological polar surface area (TPSA) is 132 Å². The van der Waals surface area contributed by atoms with E-state index in [2.05, 4.69) is 10.2 Å². The first-order valence-corrected chi connectivity index (χ1v) is 17.0. The maximum atomic E-state index is 14.0. The number of benzene rings is 2. The molecule has 4 amide bonds. The van der Waals surface area contributed by atoms with E-state index in [0.717, 1.165) is 37.1 Å². The average Bonchev–Trinajstić information content (AvgIpc) is 3.53. The number of aromatic hydroxyl groups is 1. The minimum absolute atomic E-state index is 0.0172. The average molecular weight is 658 g/mol. The van der Waals surface area contributed by atoms with Gasteiger partial charge in [-0.3, -0.25) is 14.5 Å². The minimum atomic E-state index is -1.08. The van der Waals surface area contributed by atoms with Crippen LogP contribution in [0.4, 0.5) is 15.3 Å². The Bertz CT molecular complexity index is 1510. The Morgan fingerprint density at radius 1 is 0.938 bits per heavy atom. The molecule has 48 heavy (non-hydrogen) atoms. The predicted molar refractivity (Wildman–Crippen MR) is 179 cm³/mol. The number of hydrogen-bond donors (Lipinski definition) is 2. The van der Waals surface area contributed by atoms with E-state index in [9.17, 15) is 24.3 Å². The summed E-state index contributed by atoms with van der Waals surface area (Å²) in [5.74, 6) is -0.553. The number of phenols is 1. The van der Waals surface area contributed by atoms with Gasteiger partial charge in [0.1, 0.15) is 19.6 Å². The second-order valence-electron chi connectivity index (χ2n) is 13.2. The fourth-order valence-electron chi connectivity index (χ4n) is 7.66. The van der Waals surface area contributed by atoms with Crippen LogP contribution in [0.25, 0.3) is 0 Å². The number of likely N-dealkylation sites (tertiary alicyclic amines) is 3. The van der Waals surface area contributed by atoms with Crippen molar-refractivity contribution in [3.8, 4) is 5.75 Å². The molecule has 4 heterocycles. The highest BCUT2D eigenvalue weighted by Gasteiger charge is 2.40. The number of nitrogens with zero attached hydrogens (tertiary/aromatic N) is 4. The van der Waals surface area contributed by atoms with E-state index in [-0.39, 0.29) is 53.7 Å². The standard InChI is InChI=1S/C35H44BN5O7/c1-47-33(44)29-7-4-15-40(29)25-11-16-38(17-12-25)32(43)31(22-23-8-9-30(42)27(36)21-23)48-35(46)39-18-13-26(14-19-39)41-20-10-24-5-2-3-6-28(24)37-34(41)45/h2-3,5-6,8-9,21,25-26,29,31,42H,4,7,10-20,22H2,1H3,(H,37,45)/t29-,31+/m0/s1. The second kappa shape index (κ2) is 14.9. The summed E-state index contributed by atoms with van der Waals surface area (Å²) < 4.78 is 11.0. The van der Waals surface area contributed by atoms with Crippen molar-refractivity contribution < 1.29 is 33.8 Å². The molecular formula is C35H44BN5O7. The van der Waals surface area contributed by atoms with Crippen LogP contribution in [-0.2, 0) is 31.9 Å². The van der Waals surface area contributed by atoms with Gasteiger partial charge in [0.05, 0.1) is 7.11 Å². The number of para-hydroxylation sites is 1. The molecule has 13 heteroatoms. The third kappa shape index (κ3) is 7.40. The van der Waals surface area contributed by atoms with Crippen molar-refractivity contribution in [2.45, 2.75) is 75.6 Å². The number of carbonyl (C=O) groups is 4. The van der Waals surface area contributed by atoms with Crippen molar-refractivity contribution >= 4 is 43.0 Å². The maximum Gasteiger partial charge on any atom is 0.410 e. The SMILES string of the molecule is [B]c1cc(C[C@@H](OC(=O)N2CCC(N3CCc4ccccc4NC3=O)CC2)C(=O)N2CCC(N3CCC[C@H]3C(=O)OC)CC2)ccc1O. The molecule has 0 unspecified atom stereocenters. The van der Waals surface area contributed by atoms with E-state index < -0.39 is 12.2 Å². The molecule has 254 valence electrons. The zero-order chi connectivity index (χ0) is 33.8. The van der Waals surface area contributed by atoms with Crippen molar-refractivity contribution in [3.63, 3.8) is 0 Å². The highest BCUT2D eigenvalue weighted by molar-refractivity contribution is 6.34. The van der Waals surface area contributed by atoms with Crippen LogP contribution in [0.15, 0.2) is 42.5 Å². The molecule has 2 aromatic rings. The highest BCUT2D eigenvalue weighted by Crippen LogP contribution is 2.28. The Morgan fingerprint density at radius 2 is 1.65 bits per heavy atom. The van der Waals surface area contributed by atoms with Gasteiger partial charge in [-0.15, -0.1) is 0 Å². The second-order valence-corrected chi connectivity index (χ2v) is 13.2. The predicted octanol–water partition coefficient (Wildman–Crippen LogP) is 2.42. The lowest BCUT2D eigenvalue weighted by molar-refractivity contribution is -0.148. The Morgan fingerprint density at radius 3 is 2.38 bits per heavy atom. The van der Waals surface area contributed by atoms with E-state index in [1.165, 1.54) is 13.2 Å². The summed E-state index contributed by atoms with van der Waals surface area (Å²) in [6.07, 6.45) is 3.52. The van der Waals surface area contributed by atoms with Crippen molar-refractivity contribution in [3.05, 3.63) is 53.6 Å². The molecule has 2 N–H and O–H groups in total. The van der Waals surface area contributed by atoms with Gasteiger partial charge in [-0.1, -0.05) is 35.8 Å². The number of urea groups is 1. The largest absolute Gasteiger partial charge is 0.509 e. The number of phenolic OH excluding ortho intramolecular Hbond substituents is 1. The number of fused-ring (bicyclic) bond motifs is 1. The molecular weight excluding hydrogens is 613 g/mol. The Labute approximate surface area is 282 Å². The molecule has 0 spiro atoms. The van der Waals surface area contributed by atoms with E-state index in [1.807, 2.05) is 29.2 Å². The molecule has 2 radical (unpaired) electrons. The van der Waals surface area contributed by atoms with Crippen molar-refractivity contribution in [1.82, 2.24) is 19.6 Å². The van der Waals surface area contributed by atoms with Crippen molar-refractivity contribution in [2.24, 2.45) is 0 Å². The van der Waals surface area contributed by atoms with Crippen LogP contribution in [0.5, 0.6) is 5.75 Å². The fourth-order valence-corrected chi connectivity index (χ4v) is 7.66. The summed E-state index contributed by atoms with van der Waals surface area (Å²) >= 11 is 0. The number of rotatable bonds is 7. The first-order chi connectivity index (χ1) is 23.2. The van der Waals surface area contributed by atoms with Gasteiger partial charge in [0, 0.05) is 56.9 Å². The first kappa shape index (κ1) is 33.6.